The van der Waals surface area contributed by atoms with Crippen molar-refractivity contribution >= 4 is 5.91 Å². The Balaban J connectivity index is 1.84. The van der Waals surface area contributed by atoms with Gasteiger partial charge in [0.15, 0.2) is 0 Å². The Morgan fingerprint density at radius 2 is 1.90 bits per heavy atom. The number of benzene rings is 1. The van der Waals surface area contributed by atoms with Gasteiger partial charge >= 0.3 is 0 Å². The lowest BCUT2D eigenvalue weighted by Crippen LogP contribution is -2.27. The molecule has 0 unspecified atom stereocenters. The van der Waals surface area contributed by atoms with E-state index in [2.05, 4.69) is 22.2 Å². The molecule has 2 heterocycles. The highest BCUT2D eigenvalue weighted by atomic mass is 19.1. The van der Waals surface area contributed by atoms with Crippen LogP contribution in [0.15, 0.2) is 55.0 Å². The fraction of sp³-hybridized carbons (Fsp3) is 0.304. The first-order valence-electron chi connectivity index (χ1n) is 9.82. The second-order valence-electron chi connectivity index (χ2n) is 7.12. The molecule has 0 saturated heterocycles. The zero-order valence-electron chi connectivity index (χ0n) is 17.1. The van der Waals surface area contributed by atoms with Crippen molar-refractivity contribution in [2.24, 2.45) is 0 Å². The summed E-state index contributed by atoms with van der Waals surface area (Å²) in [4.78, 5) is 25.7. The van der Waals surface area contributed by atoms with Gasteiger partial charge in [0.2, 0.25) is 0 Å². The van der Waals surface area contributed by atoms with Crippen LogP contribution in [0.3, 0.4) is 0 Å². The van der Waals surface area contributed by atoms with Crippen LogP contribution in [0, 0.1) is 5.82 Å². The van der Waals surface area contributed by atoms with Crippen LogP contribution < -0.4 is 5.32 Å². The molecular formula is C23H25FN4O2. The van der Waals surface area contributed by atoms with Crippen LogP contribution >= 0.6 is 0 Å². The van der Waals surface area contributed by atoms with E-state index in [9.17, 15) is 9.18 Å². The Bertz CT molecular complexity index is 965. The van der Waals surface area contributed by atoms with Crippen LogP contribution in [0.1, 0.15) is 45.8 Å². The van der Waals surface area contributed by atoms with Gasteiger partial charge in [-0.05, 0) is 42.2 Å². The fourth-order valence-electron chi connectivity index (χ4n) is 3.17. The first-order valence-corrected chi connectivity index (χ1v) is 9.82. The number of ether oxygens (including phenoxy) is 1. The van der Waals surface area contributed by atoms with Crippen LogP contribution in [0.4, 0.5) is 4.39 Å². The van der Waals surface area contributed by atoms with E-state index in [1.54, 1.807) is 43.9 Å². The molecule has 0 aliphatic rings. The van der Waals surface area contributed by atoms with Crippen LogP contribution in [0.2, 0.25) is 0 Å². The summed E-state index contributed by atoms with van der Waals surface area (Å²) in [6.07, 6.45) is 6.04. The highest BCUT2D eigenvalue weighted by molar-refractivity contribution is 5.94. The summed E-state index contributed by atoms with van der Waals surface area (Å²) < 4.78 is 18.2. The maximum Gasteiger partial charge on any atom is 0.251 e. The lowest BCUT2D eigenvalue weighted by Gasteiger charge is -2.14. The first kappa shape index (κ1) is 21.5. The third-order valence-electron chi connectivity index (χ3n) is 4.72. The molecule has 0 bridgehead atoms. The maximum absolute atomic E-state index is 13.2. The third-order valence-corrected chi connectivity index (χ3v) is 4.72. The topological polar surface area (TPSA) is 77.0 Å². The highest BCUT2D eigenvalue weighted by Crippen LogP contribution is 2.21. The van der Waals surface area contributed by atoms with Gasteiger partial charge in [-0.1, -0.05) is 19.1 Å². The molecule has 1 aromatic carbocycles. The summed E-state index contributed by atoms with van der Waals surface area (Å²) in [7, 11) is 1.59. The number of hydrogen-bond acceptors (Lipinski definition) is 5. The number of halogens is 1. The summed E-state index contributed by atoms with van der Waals surface area (Å²) in [5, 5.41) is 2.85. The predicted octanol–water partition coefficient (Wildman–Crippen LogP) is 3.32. The van der Waals surface area contributed by atoms with Gasteiger partial charge in [0.1, 0.15) is 5.82 Å². The summed E-state index contributed by atoms with van der Waals surface area (Å²) in [5.74, 6) is -0.315. The van der Waals surface area contributed by atoms with E-state index in [0.717, 1.165) is 22.6 Å². The smallest absolute Gasteiger partial charge is 0.251 e. The largest absolute Gasteiger partial charge is 0.383 e. The minimum Gasteiger partial charge on any atom is -0.383 e. The van der Waals surface area contributed by atoms with E-state index < -0.39 is 0 Å². The summed E-state index contributed by atoms with van der Waals surface area (Å²) in [6, 6.07) is 10.1. The lowest BCUT2D eigenvalue weighted by molar-refractivity contribution is 0.0936. The zero-order valence-corrected chi connectivity index (χ0v) is 17.1. The van der Waals surface area contributed by atoms with E-state index >= 15 is 0 Å². The Hall–Kier alpha value is -3.19. The number of nitrogens with one attached hydrogen (secondary N) is 1. The Kier molecular flexibility index (Phi) is 7.57. The van der Waals surface area contributed by atoms with Crippen LogP contribution in [0.5, 0.6) is 0 Å². The summed E-state index contributed by atoms with van der Waals surface area (Å²) in [6.45, 7) is 2.93. The molecule has 0 saturated carbocycles. The number of amides is 1. The Labute approximate surface area is 175 Å². The van der Waals surface area contributed by atoms with Gasteiger partial charge in [-0.2, -0.15) is 0 Å². The van der Waals surface area contributed by atoms with Crippen molar-refractivity contribution in [3.63, 3.8) is 0 Å². The number of nitrogens with zero attached hydrogens (tertiary/aromatic N) is 3. The SMILES string of the molecule is COCCNC(=O)c1cc(Cc2cnccn2)nc(C[C@@H](C)c2ccc(F)cc2)c1. The van der Waals surface area contributed by atoms with Gasteiger partial charge in [-0.25, -0.2) is 4.39 Å². The molecule has 3 rings (SSSR count). The fourth-order valence-corrected chi connectivity index (χ4v) is 3.17. The number of hydrogen-bond donors (Lipinski definition) is 1. The van der Waals surface area contributed by atoms with E-state index in [4.69, 9.17) is 9.72 Å². The Morgan fingerprint density at radius 1 is 1.13 bits per heavy atom. The molecule has 6 nitrogen and oxygen atoms in total. The van der Waals surface area contributed by atoms with Gasteiger partial charge in [0, 0.05) is 55.6 Å². The van der Waals surface area contributed by atoms with E-state index in [0.29, 0.717) is 31.6 Å². The molecule has 0 aliphatic heterocycles. The minimum absolute atomic E-state index is 0.120. The van der Waals surface area contributed by atoms with Crippen molar-refractivity contribution in [2.75, 3.05) is 20.3 Å². The van der Waals surface area contributed by atoms with Gasteiger partial charge in [-0.15, -0.1) is 0 Å². The number of aromatic nitrogens is 3. The number of rotatable bonds is 9. The van der Waals surface area contributed by atoms with Crippen molar-refractivity contribution in [3.8, 4) is 0 Å². The molecule has 156 valence electrons. The van der Waals surface area contributed by atoms with Crippen molar-refractivity contribution in [2.45, 2.75) is 25.7 Å². The van der Waals surface area contributed by atoms with Gasteiger partial charge in [0.25, 0.3) is 5.91 Å². The van der Waals surface area contributed by atoms with E-state index in [1.165, 1.54) is 12.1 Å². The van der Waals surface area contributed by atoms with E-state index in [1.807, 2.05) is 6.07 Å². The quantitative estimate of drug-likeness (QED) is 0.550. The molecule has 0 aliphatic carbocycles. The van der Waals surface area contributed by atoms with Gasteiger partial charge < -0.3 is 10.1 Å². The molecule has 7 heteroatoms. The third kappa shape index (κ3) is 6.15. The molecule has 0 fully saturated rings. The second-order valence-corrected chi connectivity index (χ2v) is 7.12. The molecule has 1 atom stereocenters. The average Bonchev–Trinajstić information content (AvgIpc) is 2.75. The molecule has 1 amide bonds. The minimum atomic E-state index is -0.259. The second kappa shape index (κ2) is 10.5. The van der Waals surface area contributed by atoms with Crippen molar-refractivity contribution in [3.05, 3.63) is 89.0 Å². The number of carbonyl (C=O) groups excluding carboxylic acids is 1. The first-order chi connectivity index (χ1) is 14.5. The van der Waals surface area contributed by atoms with Gasteiger partial charge in [0.05, 0.1) is 12.3 Å². The lowest BCUT2D eigenvalue weighted by atomic mass is 9.95. The number of carbonyl (C=O) groups is 1. The van der Waals surface area contributed by atoms with Crippen LogP contribution in [0.25, 0.3) is 0 Å². The normalized spacial score (nSPS) is 11.8. The number of methoxy groups -OCH3 is 1. The van der Waals surface area contributed by atoms with Gasteiger partial charge in [-0.3, -0.25) is 19.7 Å². The molecular weight excluding hydrogens is 383 g/mol. The molecule has 0 radical (unpaired) electrons. The van der Waals surface area contributed by atoms with E-state index in [-0.39, 0.29) is 17.6 Å². The molecule has 0 spiro atoms. The van der Waals surface area contributed by atoms with Crippen LogP contribution in [-0.2, 0) is 17.6 Å². The van der Waals surface area contributed by atoms with Crippen molar-refractivity contribution in [1.29, 1.82) is 0 Å². The standard InChI is InChI=1S/C23H25FN4O2/c1-16(17-3-5-19(24)6-4-17)11-20-12-18(23(29)27-9-10-30-2)13-21(28-20)14-22-15-25-7-8-26-22/h3-8,12-13,15-16H,9-11,14H2,1-2H3,(H,27,29)/t16-/m1/s1. The monoisotopic (exact) mass is 408 g/mol. The van der Waals surface area contributed by atoms with Crippen molar-refractivity contribution in [1.82, 2.24) is 20.3 Å². The van der Waals surface area contributed by atoms with Crippen molar-refractivity contribution < 1.29 is 13.9 Å². The average molecular weight is 408 g/mol. The Morgan fingerprint density at radius 3 is 2.60 bits per heavy atom. The zero-order chi connectivity index (χ0) is 21.3. The van der Waals surface area contributed by atoms with Crippen LogP contribution in [-0.4, -0.2) is 41.1 Å². The molecule has 1 N–H and O–H groups in total. The molecule has 3 aromatic rings. The number of pyridine rings is 1. The summed E-state index contributed by atoms with van der Waals surface area (Å²) in [5.41, 5.74) is 3.88. The molecule has 2 aromatic heterocycles. The maximum atomic E-state index is 13.2. The highest BCUT2D eigenvalue weighted by Gasteiger charge is 2.14. The predicted molar refractivity (Wildman–Crippen MR) is 112 cm³/mol. The molecule has 30 heavy (non-hydrogen) atoms. The summed E-state index contributed by atoms with van der Waals surface area (Å²) >= 11 is 0.